The van der Waals surface area contributed by atoms with Crippen LogP contribution in [0, 0.1) is 0 Å². The summed E-state index contributed by atoms with van der Waals surface area (Å²) in [6, 6.07) is 25.4. The number of carbonyl (C=O) groups is 1. The molecule has 0 aliphatic carbocycles. The maximum absolute atomic E-state index is 14.3. The highest BCUT2D eigenvalue weighted by Crippen LogP contribution is 2.35. The molecule has 5 aromatic rings. The Balaban J connectivity index is 1.65. The molecule has 0 bridgehead atoms. The van der Waals surface area contributed by atoms with Crippen LogP contribution in [0.15, 0.2) is 113 Å². The molecular formula is C31H22F3NO5S. The molecule has 0 saturated carbocycles. The minimum atomic E-state index is -4.67. The van der Waals surface area contributed by atoms with Crippen molar-refractivity contribution in [3.8, 4) is 5.75 Å². The van der Waals surface area contributed by atoms with Gasteiger partial charge in [-0.15, -0.1) is 0 Å². The standard InChI is InChI=1S/C31H22F3NO5S/c1-2-39-27-14-8-13-25-26(27)19-21-11-6-7-12-24(21)28(25)30(36)29(20-9-4-3-5-10-20)35-40-41(37,38)23-17-15-22(16-18-23)31(32,33)34/h3-19H,2H2,1H3/b35-29+. The molecule has 0 radical (unpaired) electrons. The Labute approximate surface area is 233 Å². The van der Waals surface area contributed by atoms with Crippen molar-refractivity contribution in [3.63, 3.8) is 0 Å². The average molecular weight is 578 g/mol. The zero-order chi connectivity index (χ0) is 29.2. The molecule has 0 amide bonds. The summed E-state index contributed by atoms with van der Waals surface area (Å²) < 4.78 is 75.4. The molecule has 208 valence electrons. The van der Waals surface area contributed by atoms with Gasteiger partial charge in [-0.05, 0) is 59.5 Å². The lowest BCUT2D eigenvalue weighted by Crippen LogP contribution is -2.18. The van der Waals surface area contributed by atoms with Crippen LogP contribution in [0.1, 0.15) is 28.4 Å². The van der Waals surface area contributed by atoms with E-state index >= 15 is 0 Å². The number of ketones is 1. The van der Waals surface area contributed by atoms with Crippen molar-refractivity contribution in [2.45, 2.75) is 18.0 Å². The number of hydrogen-bond donors (Lipinski definition) is 0. The highest BCUT2D eigenvalue weighted by Gasteiger charge is 2.31. The number of ether oxygens (including phenoxy) is 1. The van der Waals surface area contributed by atoms with E-state index < -0.39 is 32.5 Å². The van der Waals surface area contributed by atoms with Crippen LogP contribution in [0.5, 0.6) is 5.75 Å². The van der Waals surface area contributed by atoms with Crippen LogP contribution < -0.4 is 4.74 Å². The quantitative estimate of drug-likeness (QED) is 0.0831. The summed E-state index contributed by atoms with van der Waals surface area (Å²) in [5.41, 5.74) is -0.783. The van der Waals surface area contributed by atoms with Crippen LogP contribution in [-0.4, -0.2) is 26.5 Å². The van der Waals surface area contributed by atoms with E-state index in [1.165, 1.54) is 0 Å². The molecule has 0 unspecified atom stereocenters. The smallest absolute Gasteiger partial charge is 0.416 e. The van der Waals surface area contributed by atoms with E-state index in [0.29, 0.717) is 40.6 Å². The Bertz CT molecular complexity index is 1890. The number of fused-ring (bicyclic) bond motifs is 2. The van der Waals surface area contributed by atoms with E-state index in [0.717, 1.165) is 17.5 Å². The molecule has 5 aromatic carbocycles. The van der Waals surface area contributed by atoms with Crippen molar-refractivity contribution >= 4 is 43.2 Å². The third-order valence-electron chi connectivity index (χ3n) is 6.35. The third-order valence-corrected chi connectivity index (χ3v) is 7.47. The van der Waals surface area contributed by atoms with Gasteiger partial charge in [0.2, 0.25) is 5.78 Å². The number of oxime groups is 1. The summed E-state index contributed by atoms with van der Waals surface area (Å²) in [4.78, 5) is 13.7. The summed E-state index contributed by atoms with van der Waals surface area (Å²) in [6.07, 6.45) is -4.64. The van der Waals surface area contributed by atoms with E-state index in [-0.39, 0.29) is 16.8 Å². The van der Waals surface area contributed by atoms with Gasteiger partial charge in [-0.2, -0.15) is 21.6 Å². The fourth-order valence-electron chi connectivity index (χ4n) is 4.47. The van der Waals surface area contributed by atoms with Crippen LogP contribution in [0.2, 0.25) is 0 Å². The van der Waals surface area contributed by atoms with Crippen molar-refractivity contribution in [1.82, 2.24) is 0 Å². The van der Waals surface area contributed by atoms with Crippen molar-refractivity contribution in [1.29, 1.82) is 0 Å². The van der Waals surface area contributed by atoms with Crippen molar-refractivity contribution < 1.29 is 35.4 Å². The SMILES string of the molecule is CCOc1cccc2c(C(=O)/C(=N/OS(=O)(=O)c3ccc(C(F)(F)F)cc3)c3ccccc3)c3ccccc3cc12. The first-order chi connectivity index (χ1) is 19.6. The van der Waals surface area contributed by atoms with Crippen LogP contribution in [0.25, 0.3) is 21.5 Å². The van der Waals surface area contributed by atoms with Gasteiger partial charge in [-0.25, -0.2) is 0 Å². The molecule has 0 aliphatic rings. The molecule has 10 heteroatoms. The van der Waals surface area contributed by atoms with Gasteiger partial charge in [-0.3, -0.25) is 9.08 Å². The Morgan fingerprint density at radius 1 is 0.805 bits per heavy atom. The molecule has 0 N–H and O–H groups in total. The van der Waals surface area contributed by atoms with Gasteiger partial charge < -0.3 is 4.74 Å². The Morgan fingerprint density at radius 2 is 1.46 bits per heavy atom. The van der Waals surface area contributed by atoms with Crippen LogP contribution in [0.3, 0.4) is 0 Å². The van der Waals surface area contributed by atoms with Crippen LogP contribution >= 0.6 is 0 Å². The Kier molecular flexibility index (Phi) is 7.51. The number of hydrogen-bond acceptors (Lipinski definition) is 6. The summed E-state index contributed by atoms with van der Waals surface area (Å²) in [5, 5.41) is 6.39. The molecule has 0 aliphatic heterocycles. The second kappa shape index (κ2) is 11.1. The molecule has 0 saturated heterocycles. The van der Waals surface area contributed by atoms with Crippen molar-refractivity contribution in [2.75, 3.05) is 6.61 Å². The largest absolute Gasteiger partial charge is 0.493 e. The lowest BCUT2D eigenvalue weighted by Gasteiger charge is -2.15. The first-order valence-corrected chi connectivity index (χ1v) is 13.9. The van der Waals surface area contributed by atoms with Gasteiger partial charge >= 0.3 is 16.3 Å². The van der Waals surface area contributed by atoms with E-state index in [2.05, 4.69) is 5.16 Å². The van der Waals surface area contributed by atoms with Gasteiger partial charge in [0.15, 0.2) is 5.71 Å². The maximum atomic E-state index is 14.3. The normalized spacial score (nSPS) is 12.4. The van der Waals surface area contributed by atoms with Gasteiger partial charge in [0, 0.05) is 16.5 Å². The van der Waals surface area contributed by atoms with Crippen molar-refractivity contribution in [2.24, 2.45) is 5.16 Å². The second-order valence-electron chi connectivity index (χ2n) is 8.94. The predicted molar refractivity (Wildman–Crippen MR) is 150 cm³/mol. The first-order valence-electron chi connectivity index (χ1n) is 12.5. The fraction of sp³-hybridized carbons (Fsp3) is 0.0968. The van der Waals surface area contributed by atoms with E-state index in [4.69, 9.17) is 9.02 Å². The Morgan fingerprint density at radius 3 is 2.15 bits per heavy atom. The molecule has 6 nitrogen and oxygen atoms in total. The van der Waals surface area contributed by atoms with Gasteiger partial charge in [0.05, 0.1) is 12.2 Å². The zero-order valence-corrected chi connectivity index (χ0v) is 22.4. The van der Waals surface area contributed by atoms with E-state index in [1.54, 1.807) is 60.7 Å². The second-order valence-corrected chi connectivity index (χ2v) is 10.5. The van der Waals surface area contributed by atoms with E-state index in [1.807, 2.05) is 25.1 Å². The van der Waals surface area contributed by atoms with Crippen molar-refractivity contribution in [3.05, 3.63) is 120 Å². The molecule has 0 fully saturated rings. The molecule has 41 heavy (non-hydrogen) atoms. The summed E-state index contributed by atoms with van der Waals surface area (Å²) >= 11 is 0. The van der Waals surface area contributed by atoms with Gasteiger partial charge in [-0.1, -0.05) is 71.9 Å². The summed E-state index contributed by atoms with van der Waals surface area (Å²) in [5.74, 6) is -0.0431. The molecule has 0 aromatic heterocycles. The number of carbonyl (C=O) groups excluding carboxylic acids is 1. The third kappa shape index (κ3) is 5.64. The highest BCUT2D eigenvalue weighted by molar-refractivity contribution is 7.86. The summed E-state index contributed by atoms with van der Waals surface area (Å²) in [6.45, 7) is 2.25. The maximum Gasteiger partial charge on any atom is 0.416 e. The van der Waals surface area contributed by atoms with Gasteiger partial charge in [0.1, 0.15) is 10.6 Å². The highest BCUT2D eigenvalue weighted by atomic mass is 32.2. The zero-order valence-electron chi connectivity index (χ0n) is 21.6. The number of halogens is 3. The number of alkyl halides is 3. The molecular weight excluding hydrogens is 555 g/mol. The van der Waals surface area contributed by atoms with Crippen LogP contribution in [-0.2, 0) is 20.6 Å². The monoisotopic (exact) mass is 577 g/mol. The molecule has 0 heterocycles. The number of rotatable bonds is 8. The predicted octanol–water partition coefficient (Wildman–Crippen LogP) is 7.40. The minimum absolute atomic E-state index is 0.262. The first kappa shape index (κ1) is 27.9. The van der Waals surface area contributed by atoms with Crippen LogP contribution in [0.4, 0.5) is 13.2 Å². The lowest BCUT2D eigenvalue weighted by atomic mass is 9.90. The fourth-order valence-corrected chi connectivity index (χ4v) is 5.20. The number of nitrogens with zero attached hydrogens (tertiary/aromatic N) is 1. The average Bonchev–Trinajstić information content (AvgIpc) is 2.96. The number of benzene rings is 5. The number of Topliss-reactive ketones (excluding diaryl/α,β-unsaturated/α-hetero) is 1. The molecule has 5 rings (SSSR count). The minimum Gasteiger partial charge on any atom is -0.493 e. The van der Waals surface area contributed by atoms with E-state index in [9.17, 15) is 26.4 Å². The topological polar surface area (TPSA) is 82.0 Å². The summed E-state index contributed by atoms with van der Waals surface area (Å²) in [7, 11) is -4.67. The van der Waals surface area contributed by atoms with Gasteiger partial charge in [0.25, 0.3) is 0 Å². The molecule has 0 spiro atoms. The lowest BCUT2D eigenvalue weighted by molar-refractivity contribution is -0.137. The molecule has 0 atom stereocenters. The Hall–Kier alpha value is -4.70.